The minimum absolute atomic E-state index is 0.0700. The molecule has 0 aromatic heterocycles. The summed E-state index contributed by atoms with van der Waals surface area (Å²) in [7, 11) is -3.63. The minimum Gasteiger partial charge on any atom is -0.354 e. The van der Waals surface area contributed by atoms with Crippen LogP contribution in [0.1, 0.15) is 28.8 Å². The van der Waals surface area contributed by atoms with E-state index in [0.717, 1.165) is 5.56 Å². The third kappa shape index (κ3) is 6.22. The van der Waals surface area contributed by atoms with Crippen LogP contribution in [0.3, 0.4) is 0 Å². The number of carbonyl (C=O) groups is 2. The van der Waals surface area contributed by atoms with E-state index in [0.29, 0.717) is 41.5 Å². The standard InChI is InChI=1S/C22H25Cl2N3O4S/c1-15-4-7-18(8-5-15)32(30,31)26-11-10-25-21(28)17-3-2-12-27(14-17)22(29)16-6-9-19(23)20(24)13-16/h4-9,13,17,26H,2-3,10-12,14H2,1H3,(H,25,28). The quantitative estimate of drug-likeness (QED) is 0.573. The largest absolute Gasteiger partial charge is 0.354 e. The predicted molar refractivity (Wildman–Crippen MR) is 124 cm³/mol. The van der Waals surface area contributed by atoms with Crippen molar-refractivity contribution >= 4 is 45.0 Å². The highest BCUT2D eigenvalue weighted by Gasteiger charge is 2.29. The van der Waals surface area contributed by atoms with E-state index >= 15 is 0 Å². The highest BCUT2D eigenvalue weighted by molar-refractivity contribution is 7.89. The first-order chi connectivity index (χ1) is 15.2. The number of nitrogens with zero attached hydrogens (tertiary/aromatic N) is 1. The SMILES string of the molecule is Cc1ccc(S(=O)(=O)NCCNC(=O)C2CCCN(C(=O)c3ccc(Cl)c(Cl)c3)C2)cc1. The van der Waals surface area contributed by atoms with Crippen molar-refractivity contribution in [1.82, 2.24) is 14.9 Å². The van der Waals surface area contributed by atoms with Crippen molar-refractivity contribution in [3.63, 3.8) is 0 Å². The number of sulfonamides is 1. The molecule has 0 bridgehead atoms. The molecule has 1 aliphatic rings. The van der Waals surface area contributed by atoms with Crippen LogP contribution in [-0.2, 0) is 14.8 Å². The Bertz CT molecular complexity index is 1090. The molecular weight excluding hydrogens is 473 g/mol. The fourth-order valence-electron chi connectivity index (χ4n) is 3.50. The van der Waals surface area contributed by atoms with Crippen molar-refractivity contribution < 1.29 is 18.0 Å². The molecule has 32 heavy (non-hydrogen) atoms. The number of rotatable bonds is 7. The molecule has 2 amide bonds. The van der Waals surface area contributed by atoms with Crippen LogP contribution in [0.15, 0.2) is 47.4 Å². The summed E-state index contributed by atoms with van der Waals surface area (Å²) in [5.41, 5.74) is 1.39. The number of aryl methyl sites for hydroxylation is 1. The molecule has 2 aromatic rings. The maximum Gasteiger partial charge on any atom is 0.253 e. The van der Waals surface area contributed by atoms with E-state index in [1.54, 1.807) is 29.2 Å². The van der Waals surface area contributed by atoms with Gasteiger partial charge in [-0.3, -0.25) is 9.59 Å². The number of amides is 2. The van der Waals surface area contributed by atoms with Gasteiger partial charge >= 0.3 is 0 Å². The zero-order valence-electron chi connectivity index (χ0n) is 17.6. The Morgan fingerprint density at radius 2 is 1.78 bits per heavy atom. The van der Waals surface area contributed by atoms with Crippen LogP contribution in [0, 0.1) is 12.8 Å². The molecule has 1 saturated heterocycles. The fraction of sp³-hybridized carbons (Fsp3) is 0.364. The first-order valence-corrected chi connectivity index (χ1v) is 12.5. The average molecular weight is 498 g/mol. The number of likely N-dealkylation sites (tertiary alicyclic amines) is 1. The summed E-state index contributed by atoms with van der Waals surface area (Å²) < 4.78 is 27.1. The zero-order chi connectivity index (χ0) is 23.3. The van der Waals surface area contributed by atoms with Gasteiger partial charge in [-0.1, -0.05) is 40.9 Å². The summed E-state index contributed by atoms with van der Waals surface area (Å²) in [6, 6.07) is 11.2. The minimum atomic E-state index is -3.63. The number of nitrogens with one attached hydrogen (secondary N) is 2. The van der Waals surface area contributed by atoms with Gasteiger partial charge in [0, 0.05) is 31.7 Å². The predicted octanol–water partition coefficient (Wildman–Crippen LogP) is 3.25. The van der Waals surface area contributed by atoms with Crippen molar-refractivity contribution in [1.29, 1.82) is 0 Å². The van der Waals surface area contributed by atoms with E-state index in [9.17, 15) is 18.0 Å². The lowest BCUT2D eigenvalue weighted by molar-refractivity contribution is -0.126. The van der Waals surface area contributed by atoms with Gasteiger partial charge in [-0.2, -0.15) is 0 Å². The Hall–Kier alpha value is -2.13. The van der Waals surface area contributed by atoms with Gasteiger partial charge < -0.3 is 10.2 Å². The van der Waals surface area contributed by atoms with E-state index in [2.05, 4.69) is 10.0 Å². The van der Waals surface area contributed by atoms with Crippen molar-refractivity contribution in [2.24, 2.45) is 5.92 Å². The fourth-order valence-corrected chi connectivity index (χ4v) is 4.83. The molecule has 2 N–H and O–H groups in total. The van der Waals surface area contributed by atoms with Gasteiger partial charge in [-0.25, -0.2) is 13.1 Å². The van der Waals surface area contributed by atoms with Crippen molar-refractivity contribution in [3.05, 3.63) is 63.6 Å². The molecule has 0 radical (unpaired) electrons. The molecule has 1 unspecified atom stereocenters. The molecule has 1 aliphatic heterocycles. The molecule has 10 heteroatoms. The lowest BCUT2D eigenvalue weighted by Gasteiger charge is -2.32. The van der Waals surface area contributed by atoms with Crippen LogP contribution < -0.4 is 10.0 Å². The van der Waals surface area contributed by atoms with Gasteiger partial charge in [-0.15, -0.1) is 0 Å². The first kappa shape index (κ1) is 24.5. The Morgan fingerprint density at radius 3 is 2.47 bits per heavy atom. The van der Waals surface area contributed by atoms with E-state index < -0.39 is 10.0 Å². The Balaban J connectivity index is 1.49. The van der Waals surface area contributed by atoms with Crippen molar-refractivity contribution in [3.8, 4) is 0 Å². The highest BCUT2D eigenvalue weighted by Crippen LogP contribution is 2.25. The Labute approximate surface area is 198 Å². The van der Waals surface area contributed by atoms with Gasteiger partial charge in [0.05, 0.1) is 20.9 Å². The maximum absolute atomic E-state index is 12.8. The first-order valence-electron chi connectivity index (χ1n) is 10.3. The maximum atomic E-state index is 12.8. The number of carbonyl (C=O) groups excluding carboxylic acids is 2. The number of benzene rings is 2. The molecule has 1 atom stereocenters. The molecule has 1 heterocycles. The molecule has 3 rings (SSSR count). The second-order valence-electron chi connectivity index (χ2n) is 7.72. The van der Waals surface area contributed by atoms with E-state index in [1.165, 1.54) is 18.2 Å². The monoisotopic (exact) mass is 497 g/mol. The number of halogens is 2. The molecule has 2 aromatic carbocycles. The van der Waals surface area contributed by atoms with Crippen LogP contribution in [0.2, 0.25) is 10.0 Å². The zero-order valence-corrected chi connectivity index (χ0v) is 19.9. The lowest BCUT2D eigenvalue weighted by Crippen LogP contribution is -2.46. The highest BCUT2D eigenvalue weighted by atomic mass is 35.5. The van der Waals surface area contributed by atoms with E-state index in [1.807, 2.05) is 6.92 Å². The molecule has 7 nitrogen and oxygen atoms in total. The average Bonchev–Trinajstić information content (AvgIpc) is 2.78. The normalized spacial score (nSPS) is 16.6. The smallest absolute Gasteiger partial charge is 0.253 e. The van der Waals surface area contributed by atoms with Crippen LogP contribution >= 0.6 is 23.2 Å². The summed E-state index contributed by atoms with van der Waals surface area (Å²) >= 11 is 11.9. The Morgan fingerprint density at radius 1 is 1.06 bits per heavy atom. The van der Waals surface area contributed by atoms with Crippen molar-refractivity contribution in [2.45, 2.75) is 24.7 Å². The summed E-state index contributed by atoms with van der Waals surface area (Å²) in [4.78, 5) is 27.2. The van der Waals surface area contributed by atoms with Crippen LogP contribution in [0.5, 0.6) is 0 Å². The molecular formula is C22H25Cl2N3O4S. The second kappa shape index (κ2) is 10.7. The van der Waals surface area contributed by atoms with Gasteiger partial charge in [0.1, 0.15) is 0 Å². The molecule has 0 aliphatic carbocycles. The third-order valence-electron chi connectivity index (χ3n) is 5.29. The van der Waals surface area contributed by atoms with Gasteiger partial charge in [0.2, 0.25) is 15.9 Å². The number of piperidine rings is 1. The number of hydrogen-bond donors (Lipinski definition) is 2. The summed E-state index contributed by atoms with van der Waals surface area (Å²) in [6.45, 7) is 2.95. The molecule has 0 saturated carbocycles. The van der Waals surface area contributed by atoms with E-state index in [-0.39, 0.29) is 35.7 Å². The molecule has 1 fully saturated rings. The van der Waals surface area contributed by atoms with Crippen LogP contribution in [0.25, 0.3) is 0 Å². The van der Waals surface area contributed by atoms with Gasteiger partial charge in [-0.05, 0) is 50.1 Å². The second-order valence-corrected chi connectivity index (χ2v) is 10.3. The van der Waals surface area contributed by atoms with E-state index in [4.69, 9.17) is 23.2 Å². The molecule has 172 valence electrons. The van der Waals surface area contributed by atoms with Gasteiger partial charge in [0.15, 0.2) is 0 Å². The topological polar surface area (TPSA) is 95.6 Å². The molecule has 0 spiro atoms. The number of hydrogen-bond acceptors (Lipinski definition) is 4. The Kier molecular flexibility index (Phi) is 8.16. The third-order valence-corrected chi connectivity index (χ3v) is 7.51. The van der Waals surface area contributed by atoms with Crippen LogP contribution in [-0.4, -0.2) is 51.3 Å². The van der Waals surface area contributed by atoms with Crippen molar-refractivity contribution in [2.75, 3.05) is 26.2 Å². The summed E-state index contributed by atoms with van der Waals surface area (Å²) in [5, 5.41) is 3.43. The van der Waals surface area contributed by atoms with Gasteiger partial charge in [0.25, 0.3) is 5.91 Å². The lowest BCUT2D eigenvalue weighted by atomic mass is 9.96. The summed E-state index contributed by atoms with van der Waals surface area (Å²) in [5.74, 6) is -0.762. The van der Waals surface area contributed by atoms with Crippen LogP contribution in [0.4, 0.5) is 0 Å². The summed E-state index contributed by atoms with van der Waals surface area (Å²) in [6.07, 6.45) is 1.36.